The number of carbonyl (C=O) groups excluding carboxylic acids is 3. The smallest absolute Gasteiger partial charge is 0.325 e. The molecule has 2 N–H and O–H groups in total. The van der Waals surface area contributed by atoms with E-state index in [2.05, 4.69) is 16.6 Å². The lowest BCUT2D eigenvalue weighted by molar-refractivity contribution is -0.135. The summed E-state index contributed by atoms with van der Waals surface area (Å²) in [5.74, 6) is 1.68. The van der Waals surface area contributed by atoms with Crippen LogP contribution in [0.4, 0.5) is 10.5 Å². The molecule has 1 heterocycles. The van der Waals surface area contributed by atoms with Crippen molar-refractivity contribution in [1.29, 1.82) is 0 Å². The third-order valence-electron chi connectivity index (χ3n) is 5.31. The predicted octanol–water partition coefficient (Wildman–Crippen LogP) is 3.60. The van der Waals surface area contributed by atoms with Gasteiger partial charge in [-0.25, -0.2) is 9.69 Å². The van der Waals surface area contributed by atoms with Gasteiger partial charge in [-0.3, -0.25) is 9.59 Å². The van der Waals surface area contributed by atoms with Crippen molar-refractivity contribution in [2.24, 2.45) is 5.92 Å². The number of nitrogens with one attached hydrogen (secondary N) is 2. The summed E-state index contributed by atoms with van der Waals surface area (Å²) < 4.78 is 10.5. The number of halogens is 1. The van der Waals surface area contributed by atoms with E-state index in [1.807, 2.05) is 0 Å². The van der Waals surface area contributed by atoms with Crippen LogP contribution in [-0.2, 0) is 14.3 Å². The van der Waals surface area contributed by atoms with E-state index in [9.17, 15) is 14.4 Å². The van der Waals surface area contributed by atoms with Crippen molar-refractivity contribution in [3.63, 3.8) is 0 Å². The molecule has 0 radical (unpaired) electrons. The zero-order chi connectivity index (χ0) is 24.8. The number of anilines is 1. The number of imide groups is 1. The second-order valence-electron chi connectivity index (χ2n) is 8.02. The van der Waals surface area contributed by atoms with Gasteiger partial charge in [0.1, 0.15) is 24.4 Å². The Morgan fingerprint density at radius 2 is 1.91 bits per heavy atom. The van der Waals surface area contributed by atoms with Gasteiger partial charge in [0, 0.05) is 12.7 Å². The zero-order valence-electron chi connectivity index (χ0n) is 19.1. The molecule has 34 heavy (non-hydrogen) atoms. The summed E-state index contributed by atoms with van der Waals surface area (Å²) in [5.41, 5.74) is 1.48. The average Bonchev–Trinajstić information content (AvgIpc) is 3.10. The SMILES string of the molecule is C#Cc1ccc(NC(=O)C(C(C)C)N2C(=O)NC(c3ccc(OCCOC)cc3)C2=O)c(Cl)c1. The van der Waals surface area contributed by atoms with Crippen LogP contribution in [0.2, 0.25) is 5.02 Å². The third kappa shape index (κ3) is 5.50. The molecule has 0 spiro atoms. The van der Waals surface area contributed by atoms with E-state index in [1.165, 1.54) is 0 Å². The molecule has 178 valence electrons. The van der Waals surface area contributed by atoms with Crippen LogP contribution in [0.1, 0.15) is 31.0 Å². The highest BCUT2D eigenvalue weighted by Crippen LogP contribution is 2.29. The van der Waals surface area contributed by atoms with Crippen molar-refractivity contribution < 1.29 is 23.9 Å². The Morgan fingerprint density at radius 3 is 2.50 bits per heavy atom. The molecule has 0 saturated carbocycles. The monoisotopic (exact) mass is 483 g/mol. The van der Waals surface area contributed by atoms with Crippen molar-refractivity contribution in [3.8, 4) is 18.1 Å². The van der Waals surface area contributed by atoms with E-state index in [-0.39, 0.29) is 10.9 Å². The summed E-state index contributed by atoms with van der Waals surface area (Å²) in [7, 11) is 1.58. The maximum Gasteiger partial charge on any atom is 0.325 e. The standard InChI is InChI=1S/C25H26ClN3O5/c1-5-16-6-11-20(19(26)14-16)27-23(30)22(15(2)3)29-24(31)21(28-25(29)32)17-7-9-18(10-8-17)34-13-12-33-4/h1,6-11,14-15,21-22H,12-13H2,2-4H3,(H,27,30)(H,28,32). The molecule has 1 aliphatic heterocycles. The minimum absolute atomic E-state index is 0.259. The Kier molecular flexibility index (Phi) is 8.16. The molecule has 1 saturated heterocycles. The minimum Gasteiger partial charge on any atom is -0.491 e. The number of nitrogens with zero attached hydrogens (tertiary/aromatic N) is 1. The Hall–Kier alpha value is -3.54. The van der Waals surface area contributed by atoms with Crippen LogP contribution >= 0.6 is 11.6 Å². The van der Waals surface area contributed by atoms with Gasteiger partial charge in [-0.15, -0.1) is 6.42 Å². The molecule has 1 fully saturated rings. The number of hydrogen-bond donors (Lipinski definition) is 2. The molecule has 0 aliphatic carbocycles. The number of methoxy groups -OCH3 is 1. The van der Waals surface area contributed by atoms with Crippen molar-refractivity contribution in [2.75, 3.05) is 25.6 Å². The molecular formula is C25H26ClN3O5. The number of carbonyl (C=O) groups is 3. The van der Waals surface area contributed by atoms with Crippen LogP contribution in [0.3, 0.4) is 0 Å². The molecule has 8 nitrogen and oxygen atoms in total. The second-order valence-corrected chi connectivity index (χ2v) is 8.43. The van der Waals surface area contributed by atoms with Gasteiger partial charge in [-0.2, -0.15) is 0 Å². The molecule has 2 aromatic carbocycles. The summed E-state index contributed by atoms with van der Waals surface area (Å²) in [5, 5.41) is 5.64. The van der Waals surface area contributed by atoms with Gasteiger partial charge in [0.15, 0.2) is 0 Å². The number of hydrogen-bond acceptors (Lipinski definition) is 5. The van der Waals surface area contributed by atoms with E-state index in [1.54, 1.807) is 63.4 Å². The summed E-state index contributed by atoms with van der Waals surface area (Å²) in [6, 6.07) is 8.99. The number of benzene rings is 2. The number of amides is 4. The van der Waals surface area contributed by atoms with Crippen LogP contribution in [0.5, 0.6) is 5.75 Å². The number of rotatable bonds is 9. The maximum atomic E-state index is 13.2. The number of ether oxygens (including phenoxy) is 2. The number of urea groups is 1. The van der Waals surface area contributed by atoms with Crippen LogP contribution < -0.4 is 15.4 Å². The van der Waals surface area contributed by atoms with Crippen LogP contribution in [0.25, 0.3) is 0 Å². The van der Waals surface area contributed by atoms with Crippen LogP contribution in [-0.4, -0.2) is 49.1 Å². The van der Waals surface area contributed by atoms with E-state index < -0.39 is 29.9 Å². The molecule has 9 heteroatoms. The fourth-order valence-electron chi connectivity index (χ4n) is 3.61. The summed E-state index contributed by atoms with van der Waals surface area (Å²) in [6.07, 6.45) is 5.37. The summed E-state index contributed by atoms with van der Waals surface area (Å²) in [4.78, 5) is 40.1. The second kappa shape index (κ2) is 11.1. The van der Waals surface area contributed by atoms with Gasteiger partial charge in [0.2, 0.25) is 5.91 Å². The van der Waals surface area contributed by atoms with Crippen molar-refractivity contribution >= 4 is 35.1 Å². The first-order chi connectivity index (χ1) is 16.3. The lowest BCUT2D eigenvalue weighted by Gasteiger charge is -2.27. The highest BCUT2D eigenvalue weighted by atomic mass is 35.5. The minimum atomic E-state index is -1.04. The van der Waals surface area contributed by atoms with E-state index >= 15 is 0 Å². The van der Waals surface area contributed by atoms with Crippen molar-refractivity contribution in [1.82, 2.24) is 10.2 Å². The zero-order valence-corrected chi connectivity index (χ0v) is 19.9. The molecule has 0 bridgehead atoms. The fourth-order valence-corrected chi connectivity index (χ4v) is 3.84. The third-order valence-corrected chi connectivity index (χ3v) is 5.63. The van der Waals surface area contributed by atoms with E-state index in [0.29, 0.717) is 35.8 Å². The predicted molar refractivity (Wildman–Crippen MR) is 129 cm³/mol. The lowest BCUT2D eigenvalue weighted by Crippen LogP contribution is -2.50. The molecule has 2 atom stereocenters. The lowest BCUT2D eigenvalue weighted by atomic mass is 10.00. The first kappa shape index (κ1) is 25.1. The highest BCUT2D eigenvalue weighted by Gasteiger charge is 2.46. The molecule has 4 amide bonds. The van der Waals surface area contributed by atoms with Gasteiger partial charge in [-0.05, 0) is 41.8 Å². The largest absolute Gasteiger partial charge is 0.491 e. The normalized spacial score (nSPS) is 16.2. The van der Waals surface area contributed by atoms with Crippen molar-refractivity contribution in [3.05, 3.63) is 58.6 Å². The highest BCUT2D eigenvalue weighted by molar-refractivity contribution is 6.34. The van der Waals surface area contributed by atoms with Gasteiger partial charge in [-0.1, -0.05) is 43.5 Å². The number of terminal acetylenes is 1. The first-order valence-corrected chi connectivity index (χ1v) is 11.1. The van der Waals surface area contributed by atoms with Crippen molar-refractivity contribution in [2.45, 2.75) is 25.9 Å². The summed E-state index contributed by atoms with van der Waals surface area (Å²) >= 11 is 6.22. The topological polar surface area (TPSA) is 97.0 Å². The molecule has 1 aliphatic rings. The van der Waals surface area contributed by atoms with E-state index in [4.69, 9.17) is 27.5 Å². The summed E-state index contributed by atoms with van der Waals surface area (Å²) in [6.45, 7) is 4.36. The maximum absolute atomic E-state index is 13.2. The van der Waals surface area contributed by atoms with E-state index in [0.717, 1.165) is 4.90 Å². The quantitative estimate of drug-likeness (QED) is 0.322. The average molecular weight is 484 g/mol. The van der Waals surface area contributed by atoms with Gasteiger partial charge in [0.25, 0.3) is 5.91 Å². The first-order valence-electron chi connectivity index (χ1n) is 10.7. The molecule has 2 unspecified atom stereocenters. The van der Waals surface area contributed by atoms with Crippen LogP contribution in [0, 0.1) is 18.3 Å². The molecular weight excluding hydrogens is 458 g/mol. The van der Waals surface area contributed by atoms with Gasteiger partial charge in [0.05, 0.1) is 17.3 Å². The van der Waals surface area contributed by atoms with Crippen LogP contribution in [0.15, 0.2) is 42.5 Å². The Bertz CT molecular complexity index is 1110. The Balaban J connectivity index is 1.77. The molecule has 3 rings (SSSR count). The Morgan fingerprint density at radius 1 is 1.21 bits per heavy atom. The van der Waals surface area contributed by atoms with Gasteiger partial charge < -0.3 is 20.1 Å². The molecule has 0 aromatic heterocycles. The van der Waals surface area contributed by atoms with Gasteiger partial charge >= 0.3 is 6.03 Å². The fraction of sp³-hybridized carbons (Fsp3) is 0.320. The Labute approximate surface area is 203 Å². The molecule has 2 aromatic rings.